The summed E-state index contributed by atoms with van der Waals surface area (Å²) in [7, 11) is -1.71. The topological polar surface area (TPSA) is 26.3 Å². The van der Waals surface area contributed by atoms with Gasteiger partial charge in [-0.1, -0.05) is 15.9 Å². The molecule has 0 N–H and O–H groups in total. The molecule has 1 aromatic rings. The largest absolute Gasteiger partial charge is 0.544 e. The molecule has 0 aromatic heterocycles. The Morgan fingerprint density at radius 2 is 1.76 bits per heavy atom. The number of rotatable bonds is 3. The van der Waals surface area contributed by atoms with Crippen LogP contribution < -0.4 is 4.43 Å². The summed E-state index contributed by atoms with van der Waals surface area (Å²) < 4.78 is 7.02. The molecule has 17 heavy (non-hydrogen) atoms. The van der Waals surface area contributed by atoms with Crippen molar-refractivity contribution in [3.05, 3.63) is 27.2 Å². The molecule has 0 atom stereocenters. The SMILES string of the molecule is CC(=O)c1cc(Br)c(C)c(C)c1O[Si](C)(C)C. The van der Waals surface area contributed by atoms with E-state index in [2.05, 4.69) is 35.6 Å². The molecule has 0 saturated carbocycles. The molecule has 0 unspecified atom stereocenters. The quantitative estimate of drug-likeness (QED) is 0.607. The zero-order valence-corrected chi connectivity index (χ0v) is 13.9. The van der Waals surface area contributed by atoms with Gasteiger partial charge in [0.1, 0.15) is 5.75 Å². The van der Waals surface area contributed by atoms with Gasteiger partial charge in [-0.25, -0.2) is 0 Å². The molecule has 0 bridgehead atoms. The molecular weight excluding hydrogens is 296 g/mol. The monoisotopic (exact) mass is 314 g/mol. The second kappa shape index (κ2) is 4.94. The second-order valence-electron chi connectivity index (χ2n) is 5.26. The van der Waals surface area contributed by atoms with E-state index in [-0.39, 0.29) is 5.78 Å². The van der Waals surface area contributed by atoms with Gasteiger partial charge >= 0.3 is 0 Å². The van der Waals surface area contributed by atoms with E-state index in [1.54, 1.807) is 6.92 Å². The highest BCUT2D eigenvalue weighted by atomic mass is 79.9. The summed E-state index contributed by atoms with van der Waals surface area (Å²) in [5, 5.41) is 0. The van der Waals surface area contributed by atoms with Crippen molar-refractivity contribution >= 4 is 30.0 Å². The molecule has 1 rings (SSSR count). The van der Waals surface area contributed by atoms with Crippen LogP contribution in [-0.2, 0) is 0 Å². The Hall–Kier alpha value is -0.613. The molecule has 0 heterocycles. The van der Waals surface area contributed by atoms with Gasteiger partial charge in [0, 0.05) is 4.47 Å². The first-order valence-electron chi connectivity index (χ1n) is 5.63. The average Bonchev–Trinajstić information content (AvgIpc) is 2.16. The summed E-state index contributed by atoms with van der Waals surface area (Å²) in [5.74, 6) is 0.805. The van der Waals surface area contributed by atoms with Crippen LogP contribution in [0, 0.1) is 13.8 Å². The lowest BCUT2D eigenvalue weighted by Crippen LogP contribution is -2.30. The second-order valence-corrected chi connectivity index (χ2v) is 10.5. The van der Waals surface area contributed by atoms with Gasteiger partial charge in [0.05, 0.1) is 5.56 Å². The van der Waals surface area contributed by atoms with E-state index in [0.29, 0.717) is 5.56 Å². The summed E-state index contributed by atoms with van der Waals surface area (Å²) in [6.45, 7) is 12.0. The van der Waals surface area contributed by atoms with Crippen molar-refractivity contribution in [3.8, 4) is 5.75 Å². The van der Waals surface area contributed by atoms with Crippen LogP contribution in [0.1, 0.15) is 28.4 Å². The lowest BCUT2D eigenvalue weighted by Gasteiger charge is -2.24. The van der Waals surface area contributed by atoms with Gasteiger partial charge in [0.25, 0.3) is 0 Å². The van der Waals surface area contributed by atoms with Crippen molar-refractivity contribution in [3.63, 3.8) is 0 Å². The fourth-order valence-electron chi connectivity index (χ4n) is 1.55. The van der Waals surface area contributed by atoms with Gasteiger partial charge in [0.2, 0.25) is 8.32 Å². The first kappa shape index (κ1) is 14.4. The van der Waals surface area contributed by atoms with Gasteiger partial charge in [-0.05, 0) is 57.6 Å². The Morgan fingerprint density at radius 3 is 2.18 bits per heavy atom. The van der Waals surface area contributed by atoms with Gasteiger partial charge in [-0.2, -0.15) is 0 Å². The molecular formula is C13H19BrO2Si. The van der Waals surface area contributed by atoms with E-state index < -0.39 is 8.32 Å². The molecule has 0 spiro atoms. The van der Waals surface area contributed by atoms with Crippen LogP contribution in [0.15, 0.2) is 10.5 Å². The molecule has 0 radical (unpaired) electrons. The summed E-state index contributed by atoms with van der Waals surface area (Å²) in [6, 6.07) is 1.86. The smallest absolute Gasteiger partial charge is 0.242 e. The molecule has 2 nitrogen and oxygen atoms in total. The maximum absolute atomic E-state index is 11.7. The fourth-order valence-corrected chi connectivity index (χ4v) is 2.95. The standard InChI is InChI=1S/C13H19BrO2Si/c1-8-9(2)13(16-17(4,5)6)11(10(3)15)7-12(8)14/h7H,1-6H3. The highest BCUT2D eigenvalue weighted by molar-refractivity contribution is 9.10. The Kier molecular flexibility index (Phi) is 4.20. The summed E-state index contributed by atoms with van der Waals surface area (Å²) >= 11 is 3.48. The van der Waals surface area contributed by atoms with Crippen molar-refractivity contribution in [1.82, 2.24) is 0 Å². The minimum atomic E-state index is -1.71. The van der Waals surface area contributed by atoms with Crippen molar-refractivity contribution in [2.75, 3.05) is 0 Å². The number of halogens is 1. The van der Waals surface area contributed by atoms with Crippen molar-refractivity contribution < 1.29 is 9.22 Å². The summed E-state index contributed by atoms with van der Waals surface area (Å²) in [6.07, 6.45) is 0. The van der Waals surface area contributed by atoms with Crippen LogP contribution in [0.3, 0.4) is 0 Å². The number of ketones is 1. The van der Waals surface area contributed by atoms with Gasteiger partial charge < -0.3 is 4.43 Å². The predicted molar refractivity (Wildman–Crippen MR) is 77.6 cm³/mol. The highest BCUT2D eigenvalue weighted by Gasteiger charge is 2.22. The molecule has 0 aliphatic heterocycles. The minimum absolute atomic E-state index is 0.0436. The summed E-state index contributed by atoms with van der Waals surface area (Å²) in [5.41, 5.74) is 2.85. The number of hydrogen-bond acceptors (Lipinski definition) is 2. The lowest BCUT2D eigenvalue weighted by atomic mass is 10.0. The minimum Gasteiger partial charge on any atom is -0.544 e. The maximum atomic E-state index is 11.7. The Balaban J connectivity index is 3.44. The Labute approximate surface area is 113 Å². The average molecular weight is 315 g/mol. The molecule has 0 amide bonds. The van der Waals surface area contributed by atoms with Crippen molar-refractivity contribution in [2.45, 2.75) is 40.4 Å². The Morgan fingerprint density at radius 1 is 1.24 bits per heavy atom. The van der Waals surface area contributed by atoms with Crippen molar-refractivity contribution in [2.24, 2.45) is 0 Å². The van der Waals surface area contributed by atoms with Crippen LogP contribution >= 0.6 is 15.9 Å². The molecule has 0 aliphatic carbocycles. The lowest BCUT2D eigenvalue weighted by molar-refractivity contribution is 0.101. The molecule has 94 valence electrons. The van der Waals surface area contributed by atoms with Gasteiger partial charge in [-0.3, -0.25) is 4.79 Å². The zero-order chi connectivity index (χ0) is 13.4. The van der Waals surface area contributed by atoms with E-state index in [0.717, 1.165) is 21.3 Å². The molecule has 0 saturated heterocycles. The first-order valence-corrected chi connectivity index (χ1v) is 9.83. The third-order valence-corrected chi connectivity index (χ3v) is 4.20. The molecule has 1 aromatic carbocycles. The third-order valence-electron chi connectivity index (χ3n) is 2.56. The van der Waals surface area contributed by atoms with Gasteiger partial charge in [0.15, 0.2) is 5.78 Å². The number of carbonyl (C=O) groups is 1. The van der Waals surface area contributed by atoms with Crippen LogP contribution in [0.25, 0.3) is 0 Å². The van der Waals surface area contributed by atoms with Crippen molar-refractivity contribution in [1.29, 1.82) is 0 Å². The number of benzene rings is 1. The highest BCUT2D eigenvalue weighted by Crippen LogP contribution is 2.34. The normalized spacial score (nSPS) is 11.5. The van der Waals surface area contributed by atoms with Crippen LogP contribution in [0.2, 0.25) is 19.6 Å². The Bertz CT molecular complexity index is 461. The summed E-state index contributed by atoms with van der Waals surface area (Å²) in [4.78, 5) is 11.7. The fraction of sp³-hybridized carbons (Fsp3) is 0.462. The van der Waals surface area contributed by atoms with E-state index in [1.165, 1.54) is 0 Å². The number of hydrogen-bond donors (Lipinski definition) is 0. The molecule has 0 aliphatic rings. The maximum Gasteiger partial charge on any atom is 0.242 e. The number of carbonyl (C=O) groups excluding carboxylic acids is 1. The number of Topliss-reactive ketones (excluding diaryl/α,β-unsaturated/α-hetero) is 1. The van der Waals surface area contributed by atoms with E-state index in [9.17, 15) is 4.79 Å². The predicted octanol–water partition coefficient (Wildman–Crippen LogP) is 4.48. The van der Waals surface area contributed by atoms with Gasteiger partial charge in [-0.15, -0.1) is 0 Å². The zero-order valence-electron chi connectivity index (χ0n) is 11.3. The van der Waals surface area contributed by atoms with Crippen LogP contribution in [-0.4, -0.2) is 14.1 Å². The van der Waals surface area contributed by atoms with Crippen LogP contribution in [0.4, 0.5) is 0 Å². The van der Waals surface area contributed by atoms with E-state index in [4.69, 9.17) is 4.43 Å². The van der Waals surface area contributed by atoms with Crippen LogP contribution in [0.5, 0.6) is 5.75 Å². The molecule has 4 heteroatoms. The molecule has 0 fully saturated rings. The first-order chi connectivity index (χ1) is 7.63. The van der Waals surface area contributed by atoms with E-state index in [1.807, 2.05) is 19.9 Å². The third kappa shape index (κ3) is 3.42. The van der Waals surface area contributed by atoms with E-state index >= 15 is 0 Å².